The van der Waals surface area contributed by atoms with Crippen LogP contribution in [0.2, 0.25) is 0 Å². The number of piperidine rings is 1. The van der Waals surface area contributed by atoms with Gasteiger partial charge in [0.1, 0.15) is 5.82 Å². The summed E-state index contributed by atoms with van der Waals surface area (Å²) >= 11 is 1.87. The van der Waals surface area contributed by atoms with Crippen LogP contribution < -0.4 is 20.9 Å². The molecule has 2 atom stereocenters. The van der Waals surface area contributed by atoms with Crippen molar-refractivity contribution in [2.24, 2.45) is 5.73 Å². The van der Waals surface area contributed by atoms with Crippen molar-refractivity contribution >= 4 is 23.5 Å². The van der Waals surface area contributed by atoms with Gasteiger partial charge in [-0.2, -0.15) is 16.7 Å². The number of nitrogens with two attached hydrogens (primary N) is 1. The minimum absolute atomic E-state index is 0.129. The molecular formula is C23H40N6S. The van der Waals surface area contributed by atoms with Gasteiger partial charge in [0.05, 0.1) is 11.9 Å². The number of anilines is 2. The first kappa shape index (κ1) is 22.2. The highest BCUT2D eigenvalue weighted by atomic mass is 32.2. The van der Waals surface area contributed by atoms with Crippen LogP contribution in [0.5, 0.6) is 0 Å². The van der Waals surface area contributed by atoms with Gasteiger partial charge in [-0.3, -0.25) is 5.32 Å². The summed E-state index contributed by atoms with van der Waals surface area (Å²) in [5, 5.41) is 3.71. The van der Waals surface area contributed by atoms with Gasteiger partial charge in [-0.25, -0.2) is 4.98 Å². The first-order chi connectivity index (χ1) is 14.8. The molecule has 3 heterocycles. The minimum atomic E-state index is 0.129. The van der Waals surface area contributed by atoms with E-state index in [0.717, 1.165) is 63.6 Å². The van der Waals surface area contributed by atoms with E-state index in [2.05, 4.69) is 21.4 Å². The Labute approximate surface area is 186 Å². The lowest BCUT2D eigenvalue weighted by atomic mass is 10.0. The number of aromatic nitrogens is 2. The maximum atomic E-state index is 6.58. The molecule has 0 amide bonds. The summed E-state index contributed by atoms with van der Waals surface area (Å²) in [4.78, 5) is 15.4. The zero-order valence-electron chi connectivity index (χ0n) is 18.7. The van der Waals surface area contributed by atoms with E-state index in [4.69, 9.17) is 15.7 Å². The van der Waals surface area contributed by atoms with Gasteiger partial charge in [-0.1, -0.05) is 19.3 Å². The highest BCUT2D eigenvalue weighted by Crippen LogP contribution is 2.32. The molecule has 0 radical (unpaired) electrons. The Bertz CT molecular complexity index is 676. The molecule has 3 N–H and O–H groups in total. The fraction of sp³-hybridized carbons (Fsp3) is 0.826. The van der Waals surface area contributed by atoms with Gasteiger partial charge in [0.25, 0.3) is 0 Å². The normalized spacial score (nSPS) is 25.5. The Morgan fingerprint density at radius 1 is 0.967 bits per heavy atom. The summed E-state index contributed by atoms with van der Waals surface area (Å²) in [5.74, 6) is 3.24. The second-order valence-corrected chi connectivity index (χ2v) is 10.1. The monoisotopic (exact) mass is 432 g/mol. The fourth-order valence-electron chi connectivity index (χ4n) is 5.23. The third-order valence-corrected chi connectivity index (χ3v) is 7.51. The van der Waals surface area contributed by atoms with Gasteiger partial charge < -0.3 is 15.5 Å². The summed E-state index contributed by atoms with van der Waals surface area (Å²) in [7, 11) is 0. The number of fused-ring (bicyclic) bond motifs is 1. The van der Waals surface area contributed by atoms with Crippen molar-refractivity contribution in [1.82, 2.24) is 15.3 Å². The molecule has 0 bridgehead atoms. The van der Waals surface area contributed by atoms with E-state index in [9.17, 15) is 0 Å². The SMILES string of the molecule is CSCCNC1C(N)CCCN1c1nc2c(c(N3CCCCCC3)n1)CCCCC2. The molecule has 1 aromatic heterocycles. The van der Waals surface area contributed by atoms with Crippen molar-refractivity contribution in [3.63, 3.8) is 0 Å². The minimum Gasteiger partial charge on any atom is -0.356 e. The van der Waals surface area contributed by atoms with E-state index in [1.54, 1.807) is 0 Å². The Morgan fingerprint density at radius 2 is 1.73 bits per heavy atom. The number of hydrogen-bond donors (Lipinski definition) is 2. The van der Waals surface area contributed by atoms with Crippen molar-refractivity contribution < 1.29 is 0 Å². The number of hydrogen-bond acceptors (Lipinski definition) is 7. The fourth-order valence-corrected chi connectivity index (χ4v) is 5.55. The largest absolute Gasteiger partial charge is 0.356 e. The van der Waals surface area contributed by atoms with Crippen molar-refractivity contribution in [3.8, 4) is 0 Å². The van der Waals surface area contributed by atoms with Gasteiger partial charge in [0, 0.05) is 43.5 Å². The summed E-state index contributed by atoms with van der Waals surface area (Å²) in [5.41, 5.74) is 9.32. The Morgan fingerprint density at radius 3 is 2.53 bits per heavy atom. The van der Waals surface area contributed by atoms with Crippen LogP contribution in [0.25, 0.3) is 0 Å². The van der Waals surface area contributed by atoms with Gasteiger partial charge in [0.15, 0.2) is 0 Å². The second kappa shape index (κ2) is 11.0. The van der Waals surface area contributed by atoms with E-state index < -0.39 is 0 Å². The molecule has 168 valence electrons. The van der Waals surface area contributed by atoms with E-state index in [1.165, 1.54) is 62.0 Å². The van der Waals surface area contributed by atoms with E-state index in [1.807, 2.05) is 11.8 Å². The van der Waals surface area contributed by atoms with Crippen molar-refractivity contribution in [1.29, 1.82) is 0 Å². The lowest BCUT2D eigenvalue weighted by molar-refractivity contribution is 0.348. The zero-order chi connectivity index (χ0) is 20.8. The molecule has 1 aromatic rings. The quantitative estimate of drug-likeness (QED) is 0.528. The molecule has 1 aliphatic carbocycles. The number of nitrogens with one attached hydrogen (secondary N) is 1. The molecule has 2 aliphatic heterocycles. The van der Waals surface area contributed by atoms with Gasteiger partial charge >= 0.3 is 0 Å². The second-order valence-electron chi connectivity index (χ2n) is 9.13. The van der Waals surface area contributed by atoms with Crippen LogP contribution in [0, 0.1) is 0 Å². The maximum absolute atomic E-state index is 6.58. The Kier molecular flexibility index (Phi) is 8.13. The third kappa shape index (κ3) is 5.22. The number of nitrogens with zero attached hydrogens (tertiary/aromatic N) is 4. The highest BCUT2D eigenvalue weighted by Gasteiger charge is 2.32. The molecular weight excluding hydrogens is 392 g/mol. The van der Waals surface area contributed by atoms with Crippen molar-refractivity contribution in [2.45, 2.75) is 82.8 Å². The van der Waals surface area contributed by atoms with E-state index >= 15 is 0 Å². The molecule has 3 aliphatic rings. The Balaban J connectivity index is 1.67. The van der Waals surface area contributed by atoms with Gasteiger partial charge in [0.2, 0.25) is 5.95 Å². The van der Waals surface area contributed by atoms with Crippen LogP contribution >= 0.6 is 11.8 Å². The predicted molar refractivity (Wildman–Crippen MR) is 129 cm³/mol. The standard InChI is InChI=1S/C23H40N6S/c1-30-17-13-25-22-19(24)11-9-16-29(22)23-26-20-12-6-4-5-10-18(20)21(27-23)28-14-7-2-3-8-15-28/h19,22,25H,2-17,24H2,1H3. The molecule has 30 heavy (non-hydrogen) atoms. The first-order valence-electron chi connectivity index (χ1n) is 12.2. The van der Waals surface area contributed by atoms with Crippen molar-refractivity contribution in [2.75, 3.05) is 48.0 Å². The van der Waals surface area contributed by atoms with Crippen LogP contribution in [0.15, 0.2) is 0 Å². The Hall–Kier alpha value is -1.05. The van der Waals surface area contributed by atoms with Crippen LogP contribution in [0.1, 0.15) is 69.0 Å². The lowest BCUT2D eigenvalue weighted by Gasteiger charge is -2.41. The molecule has 0 aromatic carbocycles. The number of aryl methyl sites for hydroxylation is 1. The molecule has 2 fully saturated rings. The smallest absolute Gasteiger partial charge is 0.228 e. The summed E-state index contributed by atoms with van der Waals surface area (Å²) < 4.78 is 0. The maximum Gasteiger partial charge on any atom is 0.228 e. The van der Waals surface area contributed by atoms with Gasteiger partial charge in [-0.05, 0) is 57.6 Å². The summed E-state index contributed by atoms with van der Waals surface area (Å²) in [6.45, 7) is 4.23. The van der Waals surface area contributed by atoms with Crippen LogP contribution in [-0.4, -0.2) is 60.4 Å². The molecule has 2 saturated heterocycles. The van der Waals surface area contributed by atoms with Crippen LogP contribution in [-0.2, 0) is 12.8 Å². The number of rotatable bonds is 6. The average Bonchev–Trinajstić information content (AvgIpc) is 3.17. The molecule has 2 unspecified atom stereocenters. The van der Waals surface area contributed by atoms with Crippen LogP contribution in [0.4, 0.5) is 11.8 Å². The van der Waals surface area contributed by atoms with Crippen molar-refractivity contribution in [3.05, 3.63) is 11.3 Å². The first-order valence-corrected chi connectivity index (χ1v) is 13.6. The molecule has 7 heteroatoms. The molecule has 4 rings (SSSR count). The van der Waals surface area contributed by atoms with Crippen LogP contribution in [0.3, 0.4) is 0 Å². The molecule has 0 saturated carbocycles. The third-order valence-electron chi connectivity index (χ3n) is 6.90. The molecule has 6 nitrogen and oxygen atoms in total. The zero-order valence-corrected chi connectivity index (χ0v) is 19.6. The van der Waals surface area contributed by atoms with E-state index in [0.29, 0.717) is 0 Å². The topological polar surface area (TPSA) is 70.3 Å². The predicted octanol–water partition coefficient (Wildman–Crippen LogP) is 3.33. The number of thioether (sulfide) groups is 1. The average molecular weight is 433 g/mol. The lowest BCUT2D eigenvalue weighted by Crippen LogP contribution is -2.60. The summed E-state index contributed by atoms with van der Waals surface area (Å²) in [6, 6.07) is 0.129. The summed E-state index contributed by atoms with van der Waals surface area (Å²) in [6.07, 6.45) is 15.8. The van der Waals surface area contributed by atoms with E-state index in [-0.39, 0.29) is 12.2 Å². The molecule has 0 spiro atoms. The highest BCUT2D eigenvalue weighted by molar-refractivity contribution is 7.98. The van der Waals surface area contributed by atoms with Gasteiger partial charge in [-0.15, -0.1) is 0 Å².